The van der Waals surface area contributed by atoms with Crippen molar-refractivity contribution in [3.63, 3.8) is 0 Å². The van der Waals surface area contributed by atoms with Gasteiger partial charge in [-0.05, 0) is 24.6 Å². The first kappa shape index (κ1) is 14.7. The fourth-order valence-corrected chi connectivity index (χ4v) is 2.74. The summed E-state index contributed by atoms with van der Waals surface area (Å²) in [5.41, 5.74) is 0.482. The van der Waals surface area contributed by atoms with Gasteiger partial charge < -0.3 is 10.0 Å². The number of aliphatic hydroxyl groups excluding tert-OH is 1. The lowest BCUT2D eigenvalue weighted by Gasteiger charge is -2.25. The molecule has 0 saturated carbocycles. The van der Waals surface area contributed by atoms with Gasteiger partial charge in [0.2, 0.25) is 0 Å². The van der Waals surface area contributed by atoms with Crippen LogP contribution in [0.5, 0.6) is 0 Å². The van der Waals surface area contributed by atoms with E-state index in [4.69, 9.17) is 0 Å². The van der Waals surface area contributed by atoms with E-state index in [9.17, 15) is 19.1 Å². The van der Waals surface area contributed by atoms with Crippen LogP contribution in [0.2, 0.25) is 0 Å². The third-order valence-corrected chi connectivity index (χ3v) is 3.53. The standard InChI is InChI=1S/C14H13BrFNO3/c1-8(18)11-12(9-3-2-4-10(16)7-9)17(6-5-15)14(20)13(11)19/h2-4,7,12,19H,5-6H2,1H3/t12-/m0/s1. The molecule has 1 aliphatic rings. The highest BCUT2D eigenvalue weighted by Gasteiger charge is 2.41. The predicted molar refractivity (Wildman–Crippen MR) is 75.0 cm³/mol. The van der Waals surface area contributed by atoms with E-state index >= 15 is 0 Å². The van der Waals surface area contributed by atoms with Gasteiger partial charge in [-0.25, -0.2) is 4.39 Å². The second-order valence-electron chi connectivity index (χ2n) is 4.46. The van der Waals surface area contributed by atoms with E-state index in [1.807, 2.05) is 0 Å². The summed E-state index contributed by atoms with van der Waals surface area (Å²) in [4.78, 5) is 25.1. The number of alkyl halides is 1. The smallest absolute Gasteiger partial charge is 0.290 e. The van der Waals surface area contributed by atoms with Crippen LogP contribution in [-0.4, -0.2) is 33.6 Å². The van der Waals surface area contributed by atoms with E-state index in [2.05, 4.69) is 15.9 Å². The zero-order chi connectivity index (χ0) is 14.9. The molecular weight excluding hydrogens is 329 g/mol. The van der Waals surface area contributed by atoms with E-state index in [1.165, 1.54) is 30.0 Å². The van der Waals surface area contributed by atoms with Crippen LogP contribution >= 0.6 is 15.9 Å². The van der Waals surface area contributed by atoms with Gasteiger partial charge in [-0.1, -0.05) is 28.1 Å². The largest absolute Gasteiger partial charge is 0.503 e. The van der Waals surface area contributed by atoms with Crippen LogP contribution in [-0.2, 0) is 9.59 Å². The molecule has 0 unspecified atom stereocenters. The normalized spacial score (nSPS) is 18.9. The summed E-state index contributed by atoms with van der Waals surface area (Å²) in [6.07, 6.45) is 0. The van der Waals surface area contributed by atoms with Gasteiger partial charge >= 0.3 is 0 Å². The lowest BCUT2D eigenvalue weighted by Crippen LogP contribution is -2.32. The van der Waals surface area contributed by atoms with Crippen molar-refractivity contribution in [1.82, 2.24) is 4.90 Å². The number of hydrogen-bond acceptors (Lipinski definition) is 3. The summed E-state index contributed by atoms with van der Waals surface area (Å²) in [6.45, 7) is 1.59. The quantitative estimate of drug-likeness (QED) is 0.856. The zero-order valence-corrected chi connectivity index (χ0v) is 12.4. The Bertz CT molecular complexity index is 600. The molecule has 0 spiro atoms. The highest BCUT2D eigenvalue weighted by atomic mass is 79.9. The molecule has 0 fully saturated rings. The Kier molecular flexibility index (Phi) is 4.23. The molecule has 0 bridgehead atoms. The van der Waals surface area contributed by atoms with Crippen LogP contribution in [0.3, 0.4) is 0 Å². The number of nitrogens with zero attached hydrogens (tertiary/aromatic N) is 1. The number of hydrogen-bond donors (Lipinski definition) is 1. The van der Waals surface area contributed by atoms with Crippen molar-refractivity contribution in [3.8, 4) is 0 Å². The first-order chi connectivity index (χ1) is 9.47. The van der Waals surface area contributed by atoms with Crippen molar-refractivity contribution in [1.29, 1.82) is 0 Å². The summed E-state index contributed by atoms with van der Waals surface area (Å²) in [5, 5.41) is 10.4. The van der Waals surface area contributed by atoms with Gasteiger partial charge in [-0.3, -0.25) is 9.59 Å². The molecule has 0 aromatic heterocycles. The topological polar surface area (TPSA) is 57.6 Å². The first-order valence-electron chi connectivity index (χ1n) is 6.03. The monoisotopic (exact) mass is 341 g/mol. The minimum atomic E-state index is -0.742. The van der Waals surface area contributed by atoms with E-state index in [0.29, 0.717) is 17.4 Å². The molecule has 1 N–H and O–H groups in total. The summed E-state index contributed by atoms with van der Waals surface area (Å²) >= 11 is 3.23. The number of ketones is 1. The minimum Gasteiger partial charge on any atom is -0.503 e. The molecule has 1 aliphatic heterocycles. The summed E-state index contributed by atoms with van der Waals surface area (Å²) in [6, 6.07) is 4.94. The van der Waals surface area contributed by atoms with E-state index in [1.54, 1.807) is 6.07 Å². The molecule has 4 nitrogen and oxygen atoms in total. The van der Waals surface area contributed by atoms with Gasteiger partial charge in [0, 0.05) is 11.9 Å². The molecular formula is C14H13BrFNO3. The summed E-state index contributed by atoms with van der Waals surface area (Å²) < 4.78 is 13.4. The average molecular weight is 342 g/mol. The zero-order valence-electron chi connectivity index (χ0n) is 10.8. The third kappa shape index (κ3) is 2.47. The Morgan fingerprint density at radius 2 is 2.20 bits per heavy atom. The lowest BCUT2D eigenvalue weighted by atomic mass is 9.97. The van der Waals surface area contributed by atoms with E-state index in [-0.39, 0.29) is 5.57 Å². The van der Waals surface area contributed by atoms with E-state index in [0.717, 1.165) is 0 Å². The number of aliphatic hydroxyl groups is 1. The molecule has 20 heavy (non-hydrogen) atoms. The third-order valence-electron chi connectivity index (χ3n) is 3.17. The molecule has 1 heterocycles. The number of benzene rings is 1. The average Bonchev–Trinajstić information content (AvgIpc) is 2.64. The SMILES string of the molecule is CC(=O)C1=C(O)C(=O)N(CCBr)[C@H]1c1cccc(F)c1. The Labute approximate surface area is 124 Å². The summed E-state index contributed by atoms with van der Waals surface area (Å²) in [5.74, 6) is -2.01. The van der Waals surface area contributed by atoms with Crippen molar-refractivity contribution in [2.24, 2.45) is 0 Å². The van der Waals surface area contributed by atoms with Crippen molar-refractivity contribution in [3.05, 3.63) is 47.0 Å². The molecule has 2 rings (SSSR count). The second-order valence-corrected chi connectivity index (χ2v) is 5.26. The number of carbonyl (C=O) groups excluding carboxylic acids is 2. The fourth-order valence-electron chi connectivity index (χ4n) is 2.36. The number of carbonyl (C=O) groups is 2. The maximum Gasteiger partial charge on any atom is 0.290 e. The van der Waals surface area contributed by atoms with Gasteiger partial charge in [0.1, 0.15) is 5.82 Å². The number of Topliss-reactive ketones (excluding diaryl/α,β-unsaturated/α-hetero) is 1. The fraction of sp³-hybridized carbons (Fsp3) is 0.286. The Morgan fingerprint density at radius 1 is 1.50 bits per heavy atom. The predicted octanol–water partition coefficient (Wildman–Crippen LogP) is 2.51. The van der Waals surface area contributed by atoms with Crippen LogP contribution in [0.1, 0.15) is 18.5 Å². The van der Waals surface area contributed by atoms with Crippen molar-refractivity contribution >= 4 is 27.6 Å². The molecule has 0 saturated heterocycles. The van der Waals surface area contributed by atoms with Crippen LogP contribution in [0.25, 0.3) is 0 Å². The summed E-state index contributed by atoms with van der Waals surface area (Å²) in [7, 11) is 0. The molecule has 1 aromatic carbocycles. The van der Waals surface area contributed by atoms with Gasteiger partial charge in [-0.2, -0.15) is 0 Å². The van der Waals surface area contributed by atoms with Crippen LogP contribution < -0.4 is 0 Å². The maximum absolute atomic E-state index is 13.4. The second kappa shape index (κ2) is 5.75. The van der Waals surface area contributed by atoms with Gasteiger partial charge in [-0.15, -0.1) is 0 Å². The minimum absolute atomic E-state index is 0.0153. The number of amides is 1. The van der Waals surface area contributed by atoms with Crippen molar-refractivity contribution < 1.29 is 19.1 Å². The Hall–Kier alpha value is -1.69. The lowest BCUT2D eigenvalue weighted by molar-refractivity contribution is -0.129. The van der Waals surface area contributed by atoms with E-state index < -0.39 is 29.3 Å². The molecule has 1 aromatic rings. The maximum atomic E-state index is 13.4. The number of rotatable bonds is 4. The Morgan fingerprint density at radius 3 is 2.75 bits per heavy atom. The molecule has 1 amide bonds. The van der Waals surface area contributed by atoms with Crippen molar-refractivity contribution in [2.75, 3.05) is 11.9 Å². The molecule has 0 radical (unpaired) electrons. The van der Waals surface area contributed by atoms with Gasteiger partial charge in [0.05, 0.1) is 11.6 Å². The highest BCUT2D eigenvalue weighted by molar-refractivity contribution is 9.09. The Balaban J connectivity index is 2.54. The molecule has 1 atom stereocenters. The highest BCUT2D eigenvalue weighted by Crippen LogP contribution is 2.37. The molecule has 6 heteroatoms. The van der Waals surface area contributed by atoms with Crippen molar-refractivity contribution in [2.45, 2.75) is 13.0 Å². The molecule has 106 valence electrons. The van der Waals surface area contributed by atoms with Crippen LogP contribution in [0.4, 0.5) is 4.39 Å². The van der Waals surface area contributed by atoms with Gasteiger partial charge in [0.15, 0.2) is 11.5 Å². The number of halogens is 2. The van der Waals surface area contributed by atoms with Crippen LogP contribution in [0, 0.1) is 5.82 Å². The first-order valence-corrected chi connectivity index (χ1v) is 7.16. The van der Waals surface area contributed by atoms with Crippen LogP contribution in [0.15, 0.2) is 35.6 Å². The molecule has 0 aliphatic carbocycles. The van der Waals surface area contributed by atoms with Gasteiger partial charge in [0.25, 0.3) is 5.91 Å².